The van der Waals surface area contributed by atoms with Gasteiger partial charge in [0.1, 0.15) is 11.4 Å². The summed E-state index contributed by atoms with van der Waals surface area (Å²) in [6.45, 7) is 2.69. The van der Waals surface area contributed by atoms with E-state index >= 15 is 0 Å². The zero-order valence-corrected chi connectivity index (χ0v) is 15.4. The maximum atomic E-state index is 13.0. The molecule has 2 amide bonds. The normalized spacial score (nSPS) is 19.9. The first-order chi connectivity index (χ1) is 13.0. The van der Waals surface area contributed by atoms with Crippen LogP contribution in [-0.4, -0.2) is 59.9 Å². The highest BCUT2D eigenvalue weighted by molar-refractivity contribution is 5.94. The van der Waals surface area contributed by atoms with E-state index in [4.69, 9.17) is 0 Å². The Morgan fingerprint density at radius 2 is 1.78 bits per heavy atom. The van der Waals surface area contributed by atoms with Crippen molar-refractivity contribution in [3.05, 3.63) is 35.6 Å². The van der Waals surface area contributed by atoms with Crippen LogP contribution in [0.25, 0.3) is 0 Å². The van der Waals surface area contributed by atoms with E-state index in [-0.39, 0.29) is 24.2 Å². The number of nitrogens with zero attached hydrogens (tertiary/aromatic N) is 3. The first kappa shape index (κ1) is 19.3. The molecule has 1 heterocycles. The number of halogens is 1. The van der Waals surface area contributed by atoms with E-state index < -0.39 is 5.54 Å². The van der Waals surface area contributed by atoms with Crippen LogP contribution in [0.3, 0.4) is 0 Å². The standard InChI is InChI=1S/C20H25FN4O2/c21-17-6-4-16(5-7-17)19(27)25-11-3-10-24(12-13-25)14-18(26)23-20(15-22)8-1-2-9-20/h4-7H,1-3,8-14H2,(H,23,26). The predicted octanol–water partition coefficient (Wildman–Crippen LogP) is 1.93. The monoisotopic (exact) mass is 372 g/mol. The van der Waals surface area contributed by atoms with Gasteiger partial charge in [-0.2, -0.15) is 5.26 Å². The van der Waals surface area contributed by atoms with E-state index in [1.807, 2.05) is 4.90 Å². The molecule has 6 nitrogen and oxygen atoms in total. The fourth-order valence-corrected chi connectivity index (χ4v) is 3.86. The highest BCUT2D eigenvalue weighted by atomic mass is 19.1. The Kier molecular flexibility index (Phi) is 6.07. The van der Waals surface area contributed by atoms with E-state index in [1.165, 1.54) is 24.3 Å². The number of nitriles is 1. The number of carbonyl (C=O) groups excluding carboxylic acids is 2. The highest BCUT2D eigenvalue weighted by Gasteiger charge is 2.35. The first-order valence-corrected chi connectivity index (χ1v) is 9.51. The van der Waals surface area contributed by atoms with Crippen LogP contribution >= 0.6 is 0 Å². The first-order valence-electron chi connectivity index (χ1n) is 9.51. The molecule has 0 radical (unpaired) electrons. The van der Waals surface area contributed by atoms with Crippen LogP contribution in [0, 0.1) is 17.1 Å². The van der Waals surface area contributed by atoms with Crippen molar-refractivity contribution in [3.8, 4) is 6.07 Å². The van der Waals surface area contributed by atoms with Crippen LogP contribution in [0.2, 0.25) is 0 Å². The Bertz CT molecular complexity index is 722. The van der Waals surface area contributed by atoms with Crippen LogP contribution < -0.4 is 5.32 Å². The number of nitrogens with one attached hydrogen (secondary N) is 1. The predicted molar refractivity (Wildman–Crippen MR) is 98.3 cm³/mol. The van der Waals surface area contributed by atoms with Gasteiger partial charge in [0.2, 0.25) is 5.91 Å². The Balaban J connectivity index is 1.52. The smallest absolute Gasteiger partial charge is 0.253 e. The summed E-state index contributed by atoms with van der Waals surface area (Å²) in [5.74, 6) is -0.607. The lowest BCUT2D eigenvalue weighted by molar-refractivity contribution is -0.123. The molecular weight excluding hydrogens is 347 g/mol. The molecule has 1 N–H and O–H groups in total. The number of amides is 2. The second-order valence-corrected chi connectivity index (χ2v) is 7.38. The summed E-state index contributed by atoms with van der Waals surface area (Å²) in [5.41, 5.74) is -0.229. The average Bonchev–Trinajstić information content (AvgIpc) is 3.00. The molecule has 1 saturated carbocycles. The van der Waals surface area contributed by atoms with E-state index in [2.05, 4.69) is 11.4 Å². The van der Waals surface area contributed by atoms with Gasteiger partial charge < -0.3 is 10.2 Å². The lowest BCUT2D eigenvalue weighted by Crippen LogP contribution is -2.49. The molecule has 0 atom stereocenters. The van der Waals surface area contributed by atoms with Gasteiger partial charge in [0.15, 0.2) is 0 Å². The van der Waals surface area contributed by atoms with Gasteiger partial charge in [-0.3, -0.25) is 14.5 Å². The van der Waals surface area contributed by atoms with Crippen LogP contribution in [0.15, 0.2) is 24.3 Å². The second-order valence-electron chi connectivity index (χ2n) is 7.38. The molecule has 1 aromatic rings. The van der Waals surface area contributed by atoms with Crippen molar-refractivity contribution in [2.75, 3.05) is 32.7 Å². The molecule has 27 heavy (non-hydrogen) atoms. The van der Waals surface area contributed by atoms with Crippen LogP contribution in [-0.2, 0) is 4.79 Å². The van der Waals surface area contributed by atoms with Crippen LogP contribution in [0.4, 0.5) is 4.39 Å². The van der Waals surface area contributed by atoms with Crippen molar-refractivity contribution in [1.29, 1.82) is 5.26 Å². The van der Waals surface area contributed by atoms with E-state index in [0.717, 1.165) is 38.6 Å². The van der Waals surface area contributed by atoms with Crippen molar-refractivity contribution < 1.29 is 14.0 Å². The number of carbonyl (C=O) groups is 2. The van der Waals surface area contributed by atoms with Gasteiger partial charge >= 0.3 is 0 Å². The Morgan fingerprint density at radius 3 is 2.44 bits per heavy atom. The van der Waals surface area contributed by atoms with Crippen LogP contribution in [0.5, 0.6) is 0 Å². The largest absolute Gasteiger partial charge is 0.337 e. The van der Waals surface area contributed by atoms with Gasteiger partial charge in [-0.15, -0.1) is 0 Å². The molecule has 7 heteroatoms. The molecule has 1 aliphatic heterocycles. The summed E-state index contributed by atoms with van der Waals surface area (Å²) < 4.78 is 13.0. The van der Waals surface area contributed by atoms with Gasteiger partial charge in [-0.1, -0.05) is 0 Å². The average molecular weight is 372 g/mol. The van der Waals surface area contributed by atoms with E-state index in [9.17, 15) is 19.2 Å². The molecule has 0 bridgehead atoms. The number of benzene rings is 1. The zero-order chi connectivity index (χ0) is 19.3. The molecule has 2 aliphatic rings. The maximum Gasteiger partial charge on any atom is 0.253 e. The highest BCUT2D eigenvalue weighted by Crippen LogP contribution is 2.28. The Labute approximate surface area is 158 Å². The van der Waals surface area contributed by atoms with Crippen molar-refractivity contribution in [1.82, 2.24) is 15.1 Å². The number of rotatable bonds is 4. The summed E-state index contributed by atoms with van der Waals surface area (Å²) in [6.07, 6.45) is 4.14. The minimum atomic E-state index is -0.701. The summed E-state index contributed by atoms with van der Waals surface area (Å²) in [4.78, 5) is 28.7. The van der Waals surface area contributed by atoms with Gasteiger partial charge in [0.25, 0.3) is 5.91 Å². The van der Waals surface area contributed by atoms with Crippen LogP contribution in [0.1, 0.15) is 42.5 Å². The summed E-state index contributed by atoms with van der Waals surface area (Å²) in [7, 11) is 0. The van der Waals surface area contributed by atoms with Gasteiger partial charge in [0.05, 0.1) is 12.6 Å². The van der Waals surface area contributed by atoms with Gasteiger partial charge in [-0.05, 0) is 56.4 Å². The number of hydrogen-bond acceptors (Lipinski definition) is 4. The summed E-state index contributed by atoms with van der Waals surface area (Å²) in [5, 5.41) is 12.3. The Hall–Kier alpha value is -2.46. The lowest BCUT2D eigenvalue weighted by Gasteiger charge is -2.25. The third-order valence-corrected chi connectivity index (χ3v) is 5.38. The van der Waals surface area contributed by atoms with Crippen molar-refractivity contribution in [2.45, 2.75) is 37.6 Å². The molecular formula is C20H25FN4O2. The second kappa shape index (κ2) is 8.49. The molecule has 1 saturated heterocycles. The SMILES string of the molecule is N#CC1(NC(=O)CN2CCCN(C(=O)c3ccc(F)cc3)CC2)CCCC1. The molecule has 0 spiro atoms. The topological polar surface area (TPSA) is 76.4 Å². The quantitative estimate of drug-likeness (QED) is 0.876. The lowest BCUT2D eigenvalue weighted by atomic mass is 10.00. The van der Waals surface area contributed by atoms with E-state index in [0.29, 0.717) is 25.2 Å². The molecule has 0 aromatic heterocycles. The van der Waals surface area contributed by atoms with Gasteiger partial charge in [0, 0.05) is 31.7 Å². The van der Waals surface area contributed by atoms with Crippen molar-refractivity contribution >= 4 is 11.8 Å². The third kappa shape index (κ3) is 4.83. The fraction of sp³-hybridized carbons (Fsp3) is 0.550. The molecule has 2 fully saturated rings. The minimum Gasteiger partial charge on any atom is -0.337 e. The number of hydrogen-bond donors (Lipinski definition) is 1. The maximum absolute atomic E-state index is 13.0. The van der Waals surface area contributed by atoms with E-state index in [1.54, 1.807) is 4.90 Å². The molecule has 144 valence electrons. The molecule has 0 unspecified atom stereocenters. The van der Waals surface area contributed by atoms with Gasteiger partial charge in [-0.25, -0.2) is 4.39 Å². The molecule has 1 aromatic carbocycles. The summed E-state index contributed by atoms with van der Waals surface area (Å²) >= 11 is 0. The Morgan fingerprint density at radius 1 is 1.07 bits per heavy atom. The molecule has 1 aliphatic carbocycles. The fourth-order valence-electron chi connectivity index (χ4n) is 3.86. The molecule has 3 rings (SSSR count). The zero-order valence-electron chi connectivity index (χ0n) is 15.4. The van der Waals surface area contributed by atoms with Crippen molar-refractivity contribution in [3.63, 3.8) is 0 Å². The minimum absolute atomic E-state index is 0.115. The van der Waals surface area contributed by atoms with Crippen molar-refractivity contribution in [2.24, 2.45) is 0 Å². The third-order valence-electron chi connectivity index (χ3n) is 5.38. The summed E-state index contributed by atoms with van der Waals surface area (Å²) in [6, 6.07) is 7.84.